The van der Waals surface area contributed by atoms with Gasteiger partial charge >= 0.3 is 0 Å². The van der Waals surface area contributed by atoms with Gasteiger partial charge in [-0.3, -0.25) is 0 Å². The Morgan fingerprint density at radius 2 is 1.67 bits per heavy atom. The second-order valence-corrected chi connectivity index (χ2v) is 5.79. The predicted octanol–water partition coefficient (Wildman–Crippen LogP) is 5.36. The van der Waals surface area contributed by atoms with E-state index in [0.29, 0.717) is 12.4 Å². The SMILES string of the molecule is CCCCCCCCCCOc1cc(F)ccc1C(C)N. The quantitative estimate of drug-likeness (QED) is 0.557. The number of ether oxygens (including phenoxy) is 1. The lowest BCUT2D eigenvalue weighted by Gasteiger charge is -2.14. The molecule has 0 heterocycles. The third kappa shape index (κ3) is 7.47. The lowest BCUT2D eigenvalue weighted by atomic mass is 10.1. The van der Waals surface area contributed by atoms with E-state index in [0.717, 1.165) is 12.0 Å². The molecule has 0 spiro atoms. The summed E-state index contributed by atoms with van der Waals surface area (Å²) in [5, 5.41) is 0. The van der Waals surface area contributed by atoms with Gasteiger partial charge in [-0.2, -0.15) is 0 Å². The van der Waals surface area contributed by atoms with Gasteiger partial charge in [0.05, 0.1) is 6.61 Å². The van der Waals surface area contributed by atoms with Crippen LogP contribution in [0.25, 0.3) is 0 Å². The Morgan fingerprint density at radius 3 is 2.29 bits per heavy atom. The fraction of sp³-hybridized carbons (Fsp3) is 0.667. The van der Waals surface area contributed by atoms with Crippen molar-refractivity contribution in [2.24, 2.45) is 5.73 Å². The minimum atomic E-state index is -0.273. The van der Waals surface area contributed by atoms with Gasteiger partial charge in [-0.05, 0) is 19.4 Å². The highest BCUT2D eigenvalue weighted by Crippen LogP contribution is 2.25. The zero-order chi connectivity index (χ0) is 15.5. The Balaban J connectivity index is 2.19. The Kier molecular flexibility index (Phi) is 9.07. The number of benzene rings is 1. The molecule has 0 saturated carbocycles. The van der Waals surface area contributed by atoms with Crippen molar-refractivity contribution in [2.75, 3.05) is 6.61 Å². The molecule has 2 N–H and O–H groups in total. The zero-order valence-electron chi connectivity index (χ0n) is 13.5. The summed E-state index contributed by atoms with van der Waals surface area (Å²) < 4.78 is 19.0. The van der Waals surface area contributed by atoms with Gasteiger partial charge in [0.1, 0.15) is 11.6 Å². The summed E-state index contributed by atoms with van der Waals surface area (Å²) in [4.78, 5) is 0. The summed E-state index contributed by atoms with van der Waals surface area (Å²) in [7, 11) is 0. The van der Waals surface area contributed by atoms with Gasteiger partial charge in [-0.1, -0.05) is 57.9 Å². The van der Waals surface area contributed by atoms with Crippen LogP contribution in [-0.2, 0) is 0 Å². The second-order valence-electron chi connectivity index (χ2n) is 5.79. The molecular formula is C18H30FNO. The lowest BCUT2D eigenvalue weighted by molar-refractivity contribution is 0.298. The average Bonchev–Trinajstić information content (AvgIpc) is 2.45. The smallest absolute Gasteiger partial charge is 0.126 e. The fourth-order valence-corrected chi connectivity index (χ4v) is 2.43. The fourth-order valence-electron chi connectivity index (χ4n) is 2.43. The van der Waals surface area contributed by atoms with E-state index in [1.54, 1.807) is 6.07 Å². The van der Waals surface area contributed by atoms with Gasteiger partial charge in [0.2, 0.25) is 0 Å². The maximum atomic E-state index is 13.3. The minimum absolute atomic E-state index is 0.140. The second kappa shape index (κ2) is 10.6. The van der Waals surface area contributed by atoms with Gasteiger partial charge in [-0.25, -0.2) is 4.39 Å². The van der Waals surface area contributed by atoms with Gasteiger partial charge < -0.3 is 10.5 Å². The number of unbranched alkanes of at least 4 members (excludes halogenated alkanes) is 7. The molecule has 1 unspecified atom stereocenters. The third-order valence-electron chi connectivity index (χ3n) is 3.72. The van der Waals surface area contributed by atoms with E-state index in [1.165, 1.54) is 57.1 Å². The summed E-state index contributed by atoms with van der Waals surface area (Å²) in [6, 6.07) is 4.44. The Hall–Kier alpha value is -1.09. The molecule has 0 radical (unpaired) electrons. The van der Waals surface area contributed by atoms with Crippen molar-refractivity contribution in [2.45, 2.75) is 71.3 Å². The number of hydrogen-bond acceptors (Lipinski definition) is 2. The molecule has 1 atom stereocenters. The molecule has 1 aromatic carbocycles. The van der Waals surface area contributed by atoms with Crippen molar-refractivity contribution < 1.29 is 9.13 Å². The summed E-state index contributed by atoms with van der Waals surface area (Å²) in [5.74, 6) is 0.318. The van der Waals surface area contributed by atoms with Crippen LogP contribution in [0.2, 0.25) is 0 Å². The topological polar surface area (TPSA) is 35.2 Å². The van der Waals surface area contributed by atoms with Crippen LogP contribution in [0.4, 0.5) is 4.39 Å². The first kappa shape index (κ1) is 18.0. The van der Waals surface area contributed by atoms with Gasteiger partial charge in [0.15, 0.2) is 0 Å². The molecule has 0 fully saturated rings. The maximum Gasteiger partial charge on any atom is 0.126 e. The summed E-state index contributed by atoms with van der Waals surface area (Å²) in [5.41, 5.74) is 6.74. The molecule has 0 aliphatic rings. The Bertz CT molecular complexity index is 393. The molecule has 3 heteroatoms. The first-order valence-corrected chi connectivity index (χ1v) is 8.33. The van der Waals surface area contributed by atoms with Crippen LogP contribution >= 0.6 is 0 Å². The number of hydrogen-bond donors (Lipinski definition) is 1. The molecule has 0 aliphatic carbocycles. The average molecular weight is 295 g/mol. The number of nitrogens with two attached hydrogens (primary N) is 1. The number of rotatable bonds is 11. The molecule has 120 valence electrons. The van der Waals surface area contributed by atoms with Crippen molar-refractivity contribution >= 4 is 0 Å². The molecule has 0 aromatic heterocycles. The van der Waals surface area contributed by atoms with Crippen LogP contribution in [-0.4, -0.2) is 6.61 Å². The van der Waals surface area contributed by atoms with Crippen LogP contribution < -0.4 is 10.5 Å². The highest BCUT2D eigenvalue weighted by molar-refractivity contribution is 5.36. The molecule has 0 bridgehead atoms. The predicted molar refractivity (Wildman–Crippen MR) is 87.1 cm³/mol. The minimum Gasteiger partial charge on any atom is -0.493 e. The lowest BCUT2D eigenvalue weighted by Crippen LogP contribution is -2.09. The highest BCUT2D eigenvalue weighted by atomic mass is 19.1. The molecule has 0 amide bonds. The zero-order valence-corrected chi connectivity index (χ0v) is 13.5. The number of halogens is 1. The van der Waals surface area contributed by atoms with Gasteiger partial charge in [-0.15, -0.1) is 0 Å². The normalized spacial score (nSPS) is 12.4. The van der Waals surface area contributed by atoms with Crippen molar-refractivity contribution in [3.63, 3.8) is 0 Å². The molecular weight excluding hydrogens is 265 g/mol. The largest absolute Gasteiger partial charge is 0.493 e. The monoisotopic (exact) mass is 295 g/mol. The van der Waals surface area contributed by atoms with Gasteiger partial charge in [0, 0.05) is 17.7 Å². The van der Waals surface area contributed by atoms with E-state index in [1.807, 2.05) is 6.92 Å². The molecule has 2 nitrogen and oxygen atoms in total. The standard InChI is InChI=1S/C18H30FNO/c1-3-4-5-6-7-8-9-10-13-21-18-14-16(19)11-12-17(18)15(2)20/h11-12,14-15H,3-10,13,20H2,1-2H3. The van der Waals surface area contributed by atoms with Crippen molar-refractivity contribution in [3.8, 4) is 5.75 Å². The van der Waals surface area contributed by atoms with Crippen molar-refractivity contribution in [3.05, 3.63) is 29.6 Å². The molecule has 1 rings (SSSR count). The Labute approximate surface area is 128 Å². The van der Waals surface area contributed by atoms with E-state index >= 15 is 0 Å². The molecule has 1 aromatic rings. The van der Waals surface area contributed by atoms with E-state index in [-0.39, 0.29) is 11.9 Å². The molecule has 0 aliphatic heterocycles. The van der Waals surface area contributed by atoms with Crippen molar-refractivity contribution in [1.29, 1.82) is 0 Å². The van der Waals surface area contributed by atoms with Crippen LogP contribution in [0.1, 0.15) is 76.8 Å². The van der Waals surface area contributed by atoms with E-state index < -0.39 is 0 Å². The summed E-state index contributed by atoms with van der Waals surface area (Å²) in [6.07, 6.45) is 10.1. The van der Waals surface area contributed by atoms with Gasteiger partial charge in [0.25, 0.3) is 0 Å². The van der Waals surface area contributed by atoms with Crippen LogP contribution in [0.15, 0.2) is 18.2 Å². The van der Waals surface area contributed by atoms with Crippen LogP contribution in [0, 0.1) is 5.82 Å². The van der Waals surface area contributed by atoms with Crippen LogP contribution in [0.5, 0.6) is 5.75 Å². The van der Waals surface area contributed by atoms with E-state index in [4.69, 9.17) is 10.5 Å². The van der Waals surface area contributed by atoms with E-state index in [9.17, 15) is 4.39 Å². The summed E-state index contributed by atoms with van der Waals surface area (Å²) >= 11 is 0. The first-order chi connectivity index (χ1) is 10.1. The maximum absolute atomic E-state index is 13.3. The highest BCUT2D eigenvalue weighted by Gasteiger charge is 2.09. The molecule has 21 heavy (non-hydrogen) atoms. The van der Waals surface area contributed by atoms with Crippen LogP contribution in [0.3, 0.4) is 0 Å². The van der Waals surface area contributed by atoms with Crippen molar-refractivity contribution in [1.82, 2.24) is 0 Å². The van der Waals surface area contributed by atoms with E-state index in [2.05, 4.69) is 6.92 Å². The Morgan fingerprint density at radius 1 is 1.05 bits per heavy atom. The summed E-state index contributed by atoms with van der Waals surface area (Å²) in [6.45, 7) is 4.76. The third-order valence-corrected chi connectivity index (χ3v) is 3.72. The first-order valence-electron chi connectivity index (χ1n) is 8.33. The molecule has 0 saturated heterocycles.